The Morgan fingerprint density at radius 1 is 1.12 bits per heavy atom. The van der Waals surface area contributed by atoms with Crippen molar-refractivity contribution in [1.29, 1.82) is 0 Å². The fraction of sp³-hybridized carbons (Fsp3) is 0.350. The minimum atomic E-state index is 0.0877. The van der Waals surface area contributed by atoms with Crippen molar-refractivity contribution in [2.24, 2.45) is 0 Å². The fourth-order valence-corrected chi connectivity index (χ4v) is 4.89. The smallest absolute Gasteiger partial charge is 0.240 e. The Kier molecular flexibility index (Phi) is 4.91. The summed E-state index contributed by atoms with van der Waals surface area (Å²) >= 11 is 7.84. The van der Waals surface area contributed by atoms with Crippen molar-refractivity contribution in [3.8, 4) is 11.1 Å². The molecule has 1 heterocycles. The molecule has 2 aromatic rings. The zero-order chi connectivity index (χ0) is 17.2. The molecule has 2 aromatic carbocycles. The van der Waals surface area contributed by atoms with Crippen LogP contribution in [-0.4, -0.2) is 18.5 Å². The maximum Gasteiger partial charge on any atom is 0.240 e. The highest BCUT2D eigenvalue weighted by atomic mass is 35.5. The second kappa shape index (κ2) is 7.30. The lowest BCUT2D eigenvalue weighted by Crippen LogP contribution is -2.41. The molecule has 130 valence electrons. The van der Waals surface area contributed by atoms with Crippen LogP contribution in [-0.2, 0) is 4.79 Å². The minimum absolute atomic E-state index is 0.0877. The van der Waals surface area contributed by atoms with Gasteiger partial charge in [-0.1, -0.05) is 55.1 Å². The second-order valence-corrected chi connectivity index (χ2v) is 8.19. The fourth-order valence-electron chi connectivity index (χ4n) is 3.64. The molecule has 4 rings (SSSR count). The third kappa shape index (κ3) is 3.65. The van der Waals surface area contributed by atoms with Gasteiger partial charge in [0.15, 0.2) is 0 Å². The molecule has 1 saturated carbocycles. The second-order valence-electron chi connectivity index (χ2n) is 6.69. The van der Waals surface area contributed by atoms with E-state index in [0.29, 0.717) is 17.6 Å². The highest BCUT2D eigenvalue weighted by Crippen LogP contribution is 2.46. The normalized spacial score (nSPS) is 16.9. The molecule has 1 aliphatic heterocycles. The van der Waals surface area contributed by atoms with Gasteiger partial charge < -0.3 is 9.62 Å². The summed E-state index contributed by atoms with van der Waals surface area (Å²) in [4.78, 5) is 13.8. The van der Waals surface area contributed by atoms with Gasteiger partial charge in [0.25, 0.3) is 0 Å². The Labute approximate surface area is 157 Å². The van der Waals surface area contributed by atoms with Crippen LogP contribution >= 0.6 is 23.5 Å². The van der Waals surface area contributed by atoms with E-state index in [9.17, 15) is 4.79 Å². The maximum atomic E-state index is 12.6. The zero-order valence-corrected chi connectivity index (χ0v) is 15.6. The Bertz CT molecular complexity index is 789. The topological polar surface area (TPSA) is 32.3 Å². The van der Waals surface area contributed by atoms with Gasteiger partial charge >= 0.3 is 0 Å². The number of benzene rings is 2. The Balaban J connectivity index is 1.56. The first-order chi connectivity index (χ1) is 12.2. The number of nitrogens with zero attached hydrogens (tertiary/aromatic N) is 1. The Morgan fingerprint density at radius 3 is 2.76 bits per heavy atom. The van der Waals surface area contributed by atoms with Gasteiger partial charge in [-0.2, -0.15) is 0 Å². The van der Waals surface area contributed by atoms with Crippen molar-refractivity contribution in [1.82, 2.24) is 5.32 Å². The molecule has 1 amide bonds. The van der Waals surface area contributed by atoms with Crippen LogP contribution < -0.4 is 9.62 Å². The van der Waals surface area contributed by atoms with Gasteiger partial charge in [0.2, 0.25) is 5.91 Å². The molecule has 0 unspecified atom stereocenters. The van der Waals surface area contributed by atoms with Crippen LogP contribution in [0.25, 0.3) is 11.1 Å². The van der Waals surface area contributed by atoms with Crippen LogP contribution in [0.1, 0.15) is 32.1 Å². The summed E-state index contributed by atoms with van der Waals surface area (Å²) < 4.78 is 2.06. The summed E-state index contributed by atoms with van der Waals surface area (Å²) in [5.74, 6) is 0.0877. The van der Waals surface area contributed by atoms with Crippen molar-refractivity contribution >= 4 is 35.1 Å². The molecule has 3 nitrogen and oxygen atoms in total. The molecule has 1 N–H and O–H groups in total. The lowest BCUT2D eigenvalue weighted by Gasteiger charge is -2.32. The number of anilines is 1. The lowest BCUT2D eigenvalue weighted by molar-refractivity contribution is -0.120. The van der Waals surface area contributed by atoms with E-state index in [1.165, 1.54) is 29.7 Å². The molecular formula is C20H21ClN2OS. The van der Waals surface area contributed by atoms with E-state index in [1.807, 2.05) is 30.3 Å². The number of hydrogen-bond acceptors (Lipinski definition) is 3. The minimum Gasteiger partial charge on any atom is -0.352 e. The van der Waals surface area contributed by atoms with E-state index >= 15 is 0 Å². The molecular weight excluding hydrogens is 352 g/mol. The highest BCUT2D eigenvalue weighted by molar-refractivity contribution is 8.01. The number of hydrogen-bond donors (Lipinski definition) is 1. The molecule has 1 aliphatic carbocycles. The lowest BCUT2D eigenvalue weighted by atomic mass is 9.95. The van der Waals surface area contributed by atoms with Crippen LogP contribution in [0.3, 0.4) is 0 Å². The molecule has 2 aliphatic rings. The average Bonchev–Trinajstić information content (AvgIpc) is 2.62. The van der Waals surface area contributed by atoms with Gasteiger partial charge in [-0.25, -0.2) is 0 Å². The van der Waals surface area contributed by atoms with Crippen LogP contribution in [0, 0.1) is 0 Å². The summed E-state index contributed by atoms with van der Waals surface area (Å²) in [6.45, 7) is 0.336. The average molecular weight is 373 g/mol. The van der Waals surface area contributed by atoms with E-state index in [1.54, 1.807) is 11.9 Å². The first kappa shape index (κ1) is 16.8. The molecule has 0 radical (unpaired) electrons. The van der Waals surface area contributed by atoms with E-state index in [-0.39, 0.29) is 5.91 Å². The van der Waals surface area contributed by atoms with Gasteiger partial charge in [0.1, 0.15) is 6.54 Å². The van der Waals surface area contributed by atoms with Crippen LogP contribution in [0.4, 0.5) is 5.69 Å². The monoisotopic (exact) mass is 372 g/mol. The third-order valence-electron chi connectivity index (χ3n) is 4.87. The summed E-state index contributed by atoms with van der Waals surface area (Å²) in [6.07, 6.45) is 5.93. The number of halogens is 1. The maximum absolute atomic E-state index is 12.6. The summed E-state index contributed by atoms with van der Waals surface area (Å²) in [5.41, 5.74) is 3.34. The number of carbonyl (C=O) groups is 1. The molecule has 0 saturated heterocycles. The molecule has 1 fully saturated rings. The largest absolute Gasteiger partial charge is 0.352 e. The van der Waals surface area contributed by atoms with Crippen LogP contribution in [0.2, 0.25) is 5.02 Å². The number of fused-ring (bicyclic) bond motifs is 3. The molecule has 0 spiro atoms. The van der Waals surface area contributed by atoms with Crippen LogP contribution in [0.15, 0.2) is 47.4 Å². The molecule has 0 atom stereocenters. The third-order valence-corrected chi connectivity index (χ3v) is 6.21. The van der Waals surface area contributed by atoms with E-state index < -0.39 is 0 Å². The number of carbonyl (C=O) groups excluding carboxylic acids is 1. The molecule has 5 heteroatoms. The zero-order valence-electron chi connectivity index (χ0n) is 14.0. The van der Waals surface area contributed by atoms with Gasteiger partial charge in [-0.05, 0) is 48.6 Å². The van der Waals surface area contributed by atoms with Crippen LogP contribution in [0.5, 0.6) is 0 Å². The van der Waals surface area contributed by atoms with Crippen molar-refractivity contribution in [3.05, 3.63) is 47.5 Å². The first-order valence-corrected chi connectivity index (χ1v) is 10.00. The summed E-state index contributed by atoms with van der Waals surface area (Å²) in [7, 11) is 0. The van der Waals surface area contributed by atoms with Crippen molar-refractivity contribution in [3.63, 3.8) is 0 Å². The molecule has 0 aromatic heterocycles. The van der Waals surface area contributed by atoms with Crippen molar-refractivity contribution < 1.29 is 4.79 Å². The molecule has 25 heavy (non-hydrogen) atoms. The van der Waals surface area contributed by atoms with E-state index in [2.05, 4.69) is 21.8 Å². The number of rotatable bonds is 3. The number of amides is 1. The Hall–Kier alpha value is -1.65. The van der Waals surface area contributed by atoms with Gasteiger partial charge in [0.05, 0.1) is 5.69 Å². The Morgan fingerprint density at radius 2 is 1.92 bits per heavy atom. The SMILES string of the molecule is O=C(CN1Sc2ccccc2-c2ccc(Cl)cc21)NC1CCCCC1. The van der Waals surface area contributed by atoms with Gasteiger partial charge in [-0.15, -0.1) is 0 Å². The molecule has 0 bridgehead atoms. The highest BCUT2D eigenvalue weighted by Gasteiger charge is 2.25. The number of nitrogens with one attached hydrogen (secondary N) is 1. The summed E-state index contributed by atoms with van der Waals surface area (Å²) in [5, 5.41) is 3.90. The van der Waals surface area contributed by atoms with Gasteiger partial charge in [0, 0.05) is 21.5 Å². The van der Waals surface area contributed by atoms with Crippen molar-refractivity contribution in [2.75, 3.05) is 10.8 Å². The van der Waals surface area contributed by atoms with Gasteiger partial charge in [-0.3, -0.25) is 4.79 Å². The summed E-state index contributed by atoms with van der Waals surface area (Å²) in [6, 6.07) is 14.5. The first-order valence-electron chi connectivity index (χ1n) is 8.84. The quantitative estimate of drug-likeness (QED) is 0.743. The van der Waals surface area contributed by atoms with Crippen molar-refractivity contribution in [2.45, 2.75) is 43.0 Å². The van der Waals surface area contributed by atoms with E-state index in [0.717, 1.165) is 24.1 Å². The predicted molar refractivity (Wildman–Crippen MR) is 105 cm³/mol. The standard InChI is InChI=1S/C20H21ClN2OS/c21-14-10-11-16-17-8-4-5-9-19(17)25-23(18(16)12-14)13-20(24)22-15-6-2-1-3-7-15/h4-5,8-12,15H,1-3,6-7,13H2,(H,22,24). The predicted octanol–water partition coefficient (Wildman–Crippen LogP) is 5.28. The van der Waals surface area contributed by atoms with E-state index in [4.69, 9.17) is 11.6 Å².